The Labute approximate surface area is 124 Å². The fourth-order valence-corrected chi connectivity index (χ4v) is 2.83. The zero-order valence-corrected chi connectivity index (χ0v) is 12.2. The lowest BCUT2D eigenvalue weighted by Crippen LogP contribution is -2.25. The Kier molecular flexibility index (Phi) is 5.37. The van der Waals surface area contributed by atoms with Crippen molar-refractivity contribution >= 4 is 12.0 Å². The first-order valence-electron chi connectivity index (χ1n) is 7.45. The number of halogens is 1. The highest BCUT2D eigenvalue weighted by molar-refractivity contribution is 5.85. The Balaban J connectivity index is 2.07. The van der Waals surface area contributed by atoms with Crippen LogP contribution in [-0.2, 0) is 4.79 Å². The van der Waals surface area contributed by atoms with Crippen LogP contribution in [0.4, 0.5) is 4.39 Å². The average Bonchev–Trinajstić information content (AvgIpc) is 2.45. The first kappa shape index (κ1) is 15.5. The van der Waals surface area contributed by atoms with Gasteiger partial charge in [0.05, 0.1) is 6.10 Å². The van der Waals surface area contributed by atoms with E-state index in [9.17, 15) is 9.18 Å². The second kappa shape index (κ2) is 7.25. The van der Waals surface area contributed by atoms with Crippen LogP contribution in [0.25, 0.3) is 6.08 Å². The van der Waals surface area contributed by atoms with Gasteiger partial charge in [0.25, 0.3) is 0 Å². The Morgan fingerprint density at radius 3 is 2.95 bits per heavy atom. The van der Waals surface area contributed by atoms with E-state index in [1.54, 1.807) is 6.07 Å². The molecule has 1 aliphatic carbocycles. The van der Waals surface area contributed by atoms with Gasteiger partial charge in [0, 0.05) is 12.1 Å². The third kappa shape index (κ3) is 4.88. The number of ether oxygens (including phenoxy) is 1. The monoisotopic (exact) mass is 292 g/mol. The summed E-state index contributed by atoms with van der Waals surface area (Å²) >= 11 is 0. The molecular formula is C17H21FO3. The lowest BCUT2D eigenvalue weighted by Gasteiger charge is -2.29. The second-order valence-corrected chi connectivity index (χ2v) is 5.57. The van der Waals surface area contributed by atoms with Crippen molar-refractivity contribution in [1.29, 1.82) is 0 Å². The topological polar surface area (TPSA) is 46.5 Å². The van der Waals surface area contributed by atoms with Gasteiger partial charge in [-0.15, -0.1) is 0 Å². The third-order valence-corrected chi connectivity index (χ3v) is 3.93. The number of hydrogen-bond donors (Lipinski definition) is 1. The smallest absolute Gasteiger partial charge is 0.328 e. The van der Waals surface area contributed by atoms with Crippen molar-refractivity contribution in [2.24, 2.45) is 5.92 Å². The molecule has 2 rings (SSSR count). The van der Waals surface area contributed by atoms with Crippen LogP contribution in [-0.4, -0.2) is 17.2 Å². The van der Waals surface area contributed by atoms with E-state index in [4.69, 9.17) is 9.84 Å². The van der Waals surface area contributed by atoms with Gasteiger partial charge in [-0.25, -0.2) is 9.18 Å². The molecule has 0 saturated heterocycles. The van der Waals surface area contributed by atoms with Crippen LogP contribution in [0.5, 0.6) is 5.75 Å². The minimum atomic E-state index is -1.06. The summed E-state index contributed by atoms with van der Waals surface area (Å²) in [6.45, 7) is 2.18. The molecule has 1 aliphatic rings. The Morgan fingerprint density at radius 2 is 2.24 bits per heavy atom. The SMILES string of the molecule is CCC1CCCC(Oc2cc(F)cc(/C=C/C(=O)O)c2)C1. The standard InChI is InChI=1S/C17H21FO3/c1-2-12-4-3-5-15(9-12)21-16-10-13(6-7-17(19)20)8-14(18)11-16/h6-8,10-12,15H,2-5,9H2,1H3,(H,19,20)/b7-6+. The van der Waals surface area contributed by atoms with Gasteiger partial charge in [-0.1, -0.05) is 19.8 Å². The summed E-state index contributed by atoms with van der Waals surface area (Å²) in [6.07, 6.45) is 8.02. The molecule has 21 heavy (non-hydrogen) atoms. The zero-order chi connectivity index (χ0) is 15.2. The molecule has 4 heteroatoms. The van der Waals surface area contributed by atoms with E-state index >= 15 is 0 Å². The van der Waals surface area contributed by atoms with E-state index in [1.807, 2.05) is 0 Å². The van der Waals surface area contributed by atoms with Crippen LogP contribution in [0, 0.1) is 11.7 Å². The van der Waals surface area contributed by atoms with Crippen molar-refractivity contribution in [1.82, 2.24) is 0 Å². The molecule has 0 bridgehead atoms. The van der Waals surface area contributed by atoms with E-state index in [0.29, 0.717) is 17.2 Å². The van der Waals surface area contributed by atoms with Crippen LogP contribution in [0.15, 0.2) is 24.3 Å². The minimum absolute atomic E-state index is 0.127. The van der Waals surface area contributed by atoms with Gasteiger partial charge in [-0.2, -0.15) is 0 Å². The highest BCUT2D eigenvalue weighted by Crippen LogP contribution is 2.30. The molecule has 3 nitrogen and oxygen atoms in total. The van der Waals surface area contributed by atoms with Gasteiger partial charge in [0.15, 0.2) is 0 Å². The van der Waals surface area contributed by atoms with Crippen LogP contribution >= 0.6 is 0 Å². The largest absolute Gasteiger partial charge is 0.490 e. The lowest BCUT2D eigenvalue weighted by molar-refractivity contribution is -0.131. The molecule has 0 spiro atoms. The molecule has 114 valence electrons. The number of aliphatic carboxylic acids is 1. The molecule has 1 aromatic rings. The molecule has 0 aromatic heterocycles. The molecule has 1 N–H and O–H groups in total. The number of carbonyl (C=O) groups is 1. The Hall–Kier alpha value is -1.84. The Morgan fingerprint density at radius 1 is 1.43 bits per heavy atom. The fraction of sp³-hybridized carbons (Fsp3) is 0.471. The first-order chi connectivity index (χ1) is 10.1. The van der Waals surface area contributed by atoms with Gasteiger partial charge in [-0.3, -0.25) is 0 Å². The van der Waals surface area contributed by atoms with Crippen LogP contribution in [0.1, 0.15) is 44.6 Å². The predicted molar refractivity (Wildman–Crippen MR) is 79.7 cm³/mol. The van der Waals surface area contributed by atoms with Gasteiger partial charge in [-0.05, 0) is 49.0 Å². The molecule has 1 fully saturated rings. The fourth-order valence-electron chi connectivity index (χ4n) is 2.83. The summed E-state index contributed by atoms with van der Waals surface area (Å²) in [5.74, 6) is -0.314. The van der Waals surface area contributed by atoms with E-state index in [0.717, 1.165) is 31.8 Å². The second-order valence-electron chi connectivity index (χ2n) is 5.57. The first-order valence-corrected chi connectivity index (χ1v) is 7.45. The summed E-state index contributed by atoms with van der Waals surface area (Å²) in [4.78, 5) is 10.5. The average molecular weight is 292 g/mol. The quantitative estimate of drug-likeness (QED) is 0.824. The maximum absolute atomic E-state index is 13.6. The summed E-state index contributed by atoms with van der Waals surface area (Å²) in [5, 5.41) is 8.62. The maximum atomic E-state index is 13.6. The molecule has 0 heterocycles. The van der Waals surface area contributed by atoms with Crippen LogP contribution < -0.4 is 4.74 Å². The molecule has 2 atom stereocenters. The highest BCUT2D eigenvalue weighted by atomic mass is 19.1. The molecular weight excluding hydrogens is 271 g/mol. The zero-order valence-electron chi connectivity index (χ0n) is 12.2. The van der Waals surface area contributed by atoms with Crippen molar-refractivity contribution in [2.75, 3.05) is 0 Å². The van der Waals surface area contributed by atoms with Gasteiger partial charge in [0.2, 0.25) is 0 Å². The molecule has 2 unspecified atom stereocenters. The van der Waals surface area contributed by atoms with Crippen molar-refractivity contribution in [3.05, 3.63) is 35.7 Å². The van der Waals surface area contributed by atoms with E-state index in [-0.39, 0.29) is 6.10 Å². The minimum Gasteiger partial charge on any atom is -0.490 e. The van der Waals surface area contributed by atoms with Gasteiger partial charge in [0.1, 0.15) is 11.6 Å². The number of carboxylic acid groups (broad SMARTS) is 1. The number of hydrogen-bond acceptors (Lipinski definition) is 2. The number of benzene rings is 1. The molecule has 0 radical (unpaired) electrons. The van der Waals surface area contributed by atoms with Crippen molar-refractivity contribution in [3.8, 4) is 5.75 Å². The molecule has 1 saturated carbocycles. The predicted octanol–water partition coefficient (Wildman–Crippen LogP) is 4.27. The summed E-state index contributed by atoms with van der Waals surface area (Å²) in [6, 6.07) is 4.33. The summed E-state index contributed by atoms with van der Waals surface area (Å²) < 4.78 is 19.5. The van der Waals surface area contributed by atoms with Gasteiger partial charge < -0.3 is 9.84 Å². The van der Waals surface area contributed by atoms with Crippen molar-refractivity contribution in [2.45, 2.75) is 45.1 Å². The highest BCUT2D eigenvalue weighted by Gasteiger charge is 2.22. The van der Waals surface area contributed by atoms with Crippen LogP contribution in [0.3, 0.4) is 0 Å². The Bertz CT molecular complexity index is 525. The van der Waals surface area contributed by atoms with Gasteiger partial charge >= 0.3 is 5.97 Å². The van der Waals surface area contributed by atoms with Crippen molar-refractivity contribution < 1.29 is 19.0 Å². The normalized spacial score (nSPS) is 22.4. The summed E-state index contributed by atoms with van der Waals surface area (Å²) in [7, 11) is 0. The van der Waals surface area contributed by atoms with Crippen molar-refractivity contribution in [3.63, 3.8) is 0 Å². The molecule has 0 amide bonds. The number of carboxylic acids is 1. The van der Waals surface area contributed by atoms with E-state index in [1.165, 1.54) is 24.6 Å². The molecule has 0 aliphatic heterocycles. The maximum Gasteiger partial charge on any atom is 0.328 e. The molecule has 1 aromatic carbocycles. The van der Waals surface area contributed by atoms with Crippen LogP contribution in [0.2, 0.25) is 0 Å². The van der Waals surface area contributed by atoms with E-state index in [2.05, 4.69) is 6.92 Å². The third-order valence-electron chi connectivity index (χ3n) is 3.93. The number of rotatable bonds is 5. The lowest BCUT2D eigenvalue weighted by atomic mass is 9.85. The summed E-state index contributed by atoms with van der Waals surface area (Å²) in [5.41, 5.74) is 0.496. The van der Waals surface area contributed by atoms with E-state index < -0.39 is 11.8 Å².